The molecule has 0 aliphatic carbocycles. The van der Waals surface area contributed by atoms with Crippen molar-refractivity contribution in [3.05, 3.63) is 80.1 Å². The fourth-order valence-corrected chi connectivity index (χ4v) is 4.47. The van der Waals surface area contributed by atoms with Gasteiger partial charge in [-0.05, 0) is 35.4 Å². The highest BCUT2D eigenvalue weighted by molar-refractivity contribution is 6.30. The summed E-state index contributed by atoms with van der Waals surface area (Å²) in [5, 5.41) is 1.05. The van der Waals surface area contributed by atoms with E-state index in [0.717, 1.165) is 24.2 Å². The zero-order valence-corrected chi connectivity index (χ0v) is 20.6. The van der Waals surface area contributed by atoms with Crippen LogP contribution in [0.3, 0.4) is 0 Å². The molecule has 2 heterocycles. The number of morpholine rings is 1. The molecule has 0 atom stereocenters. The summed E-state index contributed by atoms with van der Waals surface area (Å²) in [4.78, 5) is 28.4. The minimum absolute atomic E-state index is 0.0219. The van der Waals surface area contributed by atoms with E-state index in [9.17, 15) is 9.59 Å². The minimum Gasteiger partial charge on any atom is -0.382 e. The Morgan fingerprint density at radius 2 is 1.80 bits per heavy atom. The molecule has 1 aromatic heterocycles. The molecule has 9 heteroatoms. The van der Waals surface area contributed by atoms with Crippen LogP contribution in [0.2, 0.25) is 5.02 Å². The summed E-state index contributed by atoms with van der Waals surface area (Å²) in [6.07, 6.45) is 0.323. The van der Waals surface area contributed by atoms with E-state index >= 15 is 0 Å². The molecule has 0 radical (unpaired) electrons. The summed E-state index contributed by atoms with van der Waals surface area (Å²) in [6.45, 7) is 4.69. The van der Waals surface area contributed by atoms with Crippen molar-refractivity contribution in [1.82, 2.24) is 9.47 Å². The molecule has 35 heavy (non-hydrogen) atoms. The fourth-order valence-electron chi connectivity index (χ4n) is 4.34. The lowest BCUT2D eigenvalue weighted by Crippen LogP contribution is -2.35. The van der Waals surface area contributed by atoms with Gasteiger partial charge in [0.25, 0.3) is 5.91 Å². The average molecular weight is 500 g/mol. The summed E-state index contributed by atoms with van der Waals surface area (Å²) >= 11 is 6.04. The number of carbonyl (C=O) groups excluding carboxylic acids is 1. The van der Waals surface area contributed by atoms with Crippen LogP contribution in [0.15, 0.2) is 47.3 Å². The Labute approximate surface area is 209 Å². The molecular formula is C26H30ClN3O5. The van der Waals surface area contributed by atoms with Crippen molar-refractivity contribution in [2.75, 3.05) is 46.6 Å². The first-order valence-corrected chi connectivity index (χ1v) is 11.9. The predicted molar refractivity (Wildman–Crippen MR) is 135 cm³/mol. The van der Waals surface area contributed by atoms with Gasteiger partial charge in [-0.15, -0.1) is 0 Å². The lowest BCUT2D eigenvalue weighted by atomic mass is 10.00. The second-order valence-corrected chi connectivity index (χ2v) is 8.95. The van der Waals surface area contributed by atoms with Gasteiger partial charge in [0.1, 0.15) is 12.3 Å². The second-order valence-electron chi connectivity index (χ2n) is 8.52. The predicted octanol–water partition coefficient (Wildman–Crippen LogP) is 2.80. The number of carbonyl (C=O) groups is 1. The number of methoxy groups -OCH3 is 1. The maximum atomic E-state index is 13.6. The number of halogens is 1. The number of benzene rings is 2. The van der Waals surface area contributed by atoms with E-state index in [1.807, 2.05) is 34.9 Å². The van der Waals surface area contributed by atoms with Crippen LogP contribution in [0.1, 0.15) is 27.2 Å². The van der Waals surface area contributed by atoms with E-state index in [0.29, 0.717) is 61.0 Å². The number of primary amides is 1. The fraction of sp³-hybridized carbons (Fsp3) is 0.385. The van der Waals surface area contributed by atoms with Gasteiger partial charge in [-0.1, -0.05) is 29.8 Å². The quantitative estimate of drug-likeness (QED) is 0.431. The van der Waals surface area contributed by atoms with Gasteiger partial charge in [-0.2, -0.15) is 0 Å². The number of amides is 1. The normalized spacial score (nSPS) is 14.5. The smallest absolute Gasteiger partial charge is 0.254 e. The number of nitrogens with zero attached hydrogens (tertiary/aromatic N) is 2. The highest BCUT2D eigenvalue weighted by Crippen LogP contribution is 2.23. The van der Waals surface area contributed by atoms with Gasteiger partial charge in [0.2, 0.25) is 5.43 Å². The topological polar surface area (TPSA) is 96.0 Å². The molecule has 1 aliphatic rings. The maximum absolute atomic E-state index is 13.6. The molecule has 1 fully saturated rings. The van der Waals surface area contributed by atoms with Crippen LogP contribution >= 0.6 is 11.6 Å². The van der Waals surface area contributed by atoms with Gasteiger partial charge in [-0.25, -0.2) is 0 Å². The Kier molecular flexibility index (Phi) is 8.54. The van der Waals surface area contributed by atoms with Gasteiger partial charge < -0.3 is 24.5 Å². The Morgan fingerprint density at radius 3 is 2.49 bits per heavy atom. The van der Waals surface area contributed by atoms with Gasteiger partial charge >= 0.3 is 0 Å². The first-order chi connectivity index (χ1) is 17.0. The molecule has 2 N–H and O–H groups in total. The molecule has 0 unspecified atom stereocenters. The van der Waals surface area contributed by atoms with Gasteiger partial charge in [0.05, 0.1) is 31.9 Å². The number of hydrogen-bond acceptors (Lipinski definition) is 6. The van der Waals surface area contributed by atoms with Gasteiger partial charge in [0, 0.05) is 49.3 Å². The number of nitrogens with two attached hydrogens (primary N) is 1. The Balaban J connectivity index is 1.81. The number of pyridine rings is 1. The molecule has 1 amide bonds. The van der Waals surface area contributed by atoms with Crippen molar-refractivity contribution in [2.24, 2.45) is 5.73 Å². The third-order valence-electron chi connectivity index (χ3n) is 6.13. The van der Waals surface area contributed by atoms with Crippen LogP contribution in [0.4, 0.5) is 0 Å². The lowest BCUT2D eigenvalue weighted by molar-refractivity contribution is 0.0340. The highest BCUT2D eigenvalue weighted by Gasteiger charge is 2.22. The van der Waals surface area contributed by atoms with Gasteiger partial charge in [0.15, 0.2) is 0 Å². The molecule has 0 saturated carbocycles. The van der Waals surface area contributed by atoms with E-state index in [2.05, 4.69) is 4.90 Å². The van der Waals surface area contributed by atoms with Crippen molar-refractivity contribution in [3.63, 3.8) is 0 Å². The minimum atomic E-state index is -0.759. The lowest BCUT2D eigenvalue weighted by Gasteiger charge is -2.27. The average Bonchev–Trinajstić information content (AvgIpc) is 2.85. The zero-order chi connectivity index (χ0) is 24.8. The first-order valence-electron chi connectivity index (χ1n) is 11.6. The number of rotatable bonds is 10. The SMILES string of the molecule is COCCOCn1c(Cc2ccc(Cl)cc2)c(C(N)=O)c(=O)c2cc(CN3CCOCC3)ccc21. The van der Waals surface area contributed by atoms with Crippen molar-refractivity contribution in [3.8, 4) is 0 Å². The van der Waals surface area contributed by atoms with Gasteiger partial charge in [-0.3, -0.25) is 14.5 Å². The Hall–Kier alpha value is -2.75. The number of fused-ring (bicyclic) bond motifs is 1. The van der Waals surface area contributed by atoms with E-state index in [1.165, 1.54) is 0 Å². The summed E-state index contributed by atoms with van der Waals surface area (Å²) in [5.74, 6) is -0.759. The molecule has 186 valence electrons. The van der Waals surface area contributed by atoms with E-state index < -0.39 is 5.91 Å². The van der Waals surface area contributed by atoms with Crippen LogP contribution in [-0.2, 0) is 33.9 Å². The first kappa shape index (κ1) is 25.3. The zero-order valence-electron chi connectivity index (χ0n) is 19.8. The van der Waals surface area contributed by atoms with E-state index in [1.54, 1.807) is 19.2 Å². The third-order valence-corrected chi connectivity index (χ3v) is 6.38. The summed E-state index contributed by atoms with van der Waals surface area (Å²) in [5.41, 5.74) is 8.45. The molecule has 1 aliphatic heterocycles. The molecule has 4 rings (SSSR count). The van der Waals surface area contributed by atoms with Crippen LogP contribution in [0.5, 0.6) is 0 Å². The largest absolute Gasteiger partial charge is 0.382 e. The van der Waals surface area contributed by atoms with E-state index in [4.69, 9.17) is 31.5 Å². The summed E-state index contributed by atoms with van der Waals surface area (Å²) in [7, 11) is 1.60. The monoisotopic (exact) mass is 499 g/mol. The third kappa shape index (κ3) is 6.09. The number of hydrogen-bond donors (Lipinski definition) is 1. The molecule has 0 bridgehead atoms. The standard InChI is InChI=1S/C26H30ClN3O5/c1-33-12-13-35-17-30-22-7-4-19(16-29-8-10-34-11-9-29)14-21(22)25(31)24(26(28)32)23(30)15-18-2-5-20(27)6-3-18/h2-7,14H,8-13,15-17H2,1H3,(H2,28,32). The molecule has 0 spiro atoms. The van der Waals surface area contributed by atoms with E-state index in [-0.39, 0.29) is 17.7 Å². The molecule has 3 aromatic rings. The van der Waals surface area contributed by atoms with Crippen molar-refractivity contribution in [2.45, 2.75) is 19.7 Å². The molecule has 8 nitrogen and oxygen atoms in total. The van der Waals surface area contributed by atoms with Crippen molar-refractivity contribution in [1.29, 1.82) is 0 Å². The van der Waals surface area contributed by atoms with Crippen molar-refractivity contribution >= 4 is 28.4 Å². The Bertz CT molecular complexity index is 1240. The maximum Gasteiger partial charge on any atom is 0.254 e. The second kappa shape index (κ2) is 11.8. The highest BCUT2D eigenvalue weighted by atomic mass is 35.5. The van der Waals surface area contributed by atoms with Crippen LogP contribution in [0, 0.1) is 0 Å². The summed E-state index contributed by atoms with van der Waals surface area (Å²) in [6, 6.07) is 13.1. The molecule has 1 saturated heterocycles. The van der Waals surface area contributed by atoms with Crippen LogP contribution in [-0.4, -0.2) is 62.0 Å². The number of ether oxygens (including phenoxy) is 3. The summed E-state index contributed by atoms with van der Waals surface area (Å²) < 4.78 is 18.2. The van der Waals surface area contributed by atoms with Crippen LogP contribution in [0.25, 0.3) is 10.9 Å². The molecule has 2 aromatic carbocycles. The van der Waals surface area contributed by atoms with Crippen molar-refractivity contribution < 1.29 is 19.0 Å². The molecular weight excluding hydrogens is 470 g/mol. The number of aromatic nitrogens is 1. The van der Waals surface area contributed by atoms with Crippen LogP contribution < -0.4 is 11.2 Å². The Morgan fingerprint density at radius 1 is 1.09 bits per heavy atom.